The standard InChI is InChI=1S/C11H14ClN5/c1-3-9-10(6-17(2)16-9)15-11-8(13)4-7(12)5-14-11/h4-6H,3,13H2,1-2H3,(H,14,15). The van der Waals surface area contributed by atoms with Crippen LogP contribution in [0.1, 0.15) is 12.6 Å². The molecule has 0 unspecified atom stereocenters. The fourth-order valence-corrected chi connectivity index (χ4v) is 1.75. The highest BCUT2D eigenvalue weighted by molar-refractivity contribution is 6.30. The summed E-state index contributed by atoms with van der Waals surface area (Å²) in [5.41, 5.74) is 8.24. The smallest absolute Gasteiger partial charge is 0.153 e. The van der Waals surface area contributed by atoms with Crippen LogP contribution in [0.2, 0.25) is 5.02 Å². The molecule has 0 atom stereocenters. The average Bonchev–Trinajstić information content (AvgIpc) is 2.63. The minimum atomic E-state index is 0.517. The molecule has 0 aliphatic heterocycles. The molecule has 2 rings (SSSR count). The fraction of sp³-hybridized carbons (Fsp3) is 0.273. The molecule has 3 N–H and O–H groups in total. The molecule has 0 radical (unpaired) electrons. The van der Waals surface area contributed by atoms with Gasteiger partial charge < -0.3 is 11.1 Å². The molecule has 6 heteroatoms. The number of halogens is 1. The van der Waals surface area contributed by atoms with E-state index in [-0.39, 0.29) is 0 Å². The van der Waals surface area contributed by atoms with Crippen molar-refractivity contribution in [2.75, 3.05) is 11.1 Å². The van der Waals surface area contributed by atoms with Gasteiger partial charge >= 0.3 is 0 Å². The molecule has 2 heterocycles. The third-order valence-electron chi connectivity index (χ3n) is 2.38. The van der Waals surface area contributed by atoms with Crippen LogP contribution in [-0.4, -0.2) is 14.8 Å². The molecule has 17 heavy (non-hydrogen) atoms. The van der Waals surface area contributed by atoms with Crippen molar-refractivity contribution in [3.63, 3.8) is 0 Å². The normalized spacial score (nSPS) is 10.5. The highest BCUT2D eigenvalue weighted by Crippen LogP contribution is 2.25. The molecule has 2 aromatic rings. The number of hydrogen-bond donors (Lipinski definition) is 2. The maximum Gasteiger partial charge on any atom is 0.153 e. The number of aryl methyl sites for hydroxylation is 2. The first kappa shape index (κ1) is 11.7. The van der Waals surface area contributed by atoms with Crippen molar-refractivity contribution in [3.8, 4) is 0 Å². The fourth-order valence-electron chi connectivity index (χ4n) is 1.59. The van der Waals surface area contributed by atoms with Gasteiger partial charge in [0, 0.05) is 19.4 Å². The minimum absolute atomic E-state index is 0.517. The van der Waals surface area contributed by atoms with Gasteiger partial charge in [-0.1, -0.05) is 18.5 Å². The number of hydrogen-bond acceptors (Lipinski definition) is 4. The van der Waals surface area contributed by atoms with Crippen LogP contribution in [-0.2, 0) is 13.5 Å². The van der Waals surface area contributed by atoms with E-state index in [1.165, 1.54) is 0 Å². The van der Waals surface area contributed by atoms with Crippen LogP contribution in [0.3, 0.4) is 0 Å². The number of nitrogens with one attached hydrogen (secondary N) is 1. The van der Waals surface area contributed by atoms with Crippen molar-refractivity contribution >= 4 is 28.8 Å². The van der Waals surface area contributed by atoms with Gasteiger partial charge in [0.1, 0.15) is 0 Å². The van der Waals surface area contributed by atoms with E-state index in [2.05, 4.69) is 15.4 Å². The lowest BCUT2D eigenvalue weighted by Crippen LogP contribution is -2.00. The Morgan fingerprint density at radius 1 is 1.53 bits per heavy atom. The Bertz CT molecular complexity index is 535. The maximum atomic E-state index is 5.83. The van der Waals surface area contributed by atoms with Crippen LogP contribution in [0.4, 0.5) is 17.2 Å². The molecule has 0 amide bonds. The summed E-state index contributed by atoms with van der Waals surface area (Å²) in [6.45, 7) is 2.05. The highest BCUT2D eigenvalue weighted by Gasteiger charge is 2.08. The molecule has 0 spiro atoms. The minimum Gasteiger partial charge on any atom is -0.396 e. The molecule has 0 bridgehead atoms. The zero-order chi connectivity index (χ0) is 12.4. The van der Waals surface area contributed by atoms with E-state index in [0.29, 0.717) is 16.5 Å². The summed E-state index contributed by atoms with van der Waals surface area (Å²) in [6.07, 6.45) is 4.30. The van der Waals surface area contributed by atoms with Gasteiger partial charge in [-0.2, -0.15) is 5.10 Å². The Balaban J connectivity index is 2.30. The number of pyridine rings is 1. The SMILES string of the molecule is CCc1nn(C)cc1Nc1ncc(Cl)cc1N. The summed E-state index contributed by atoms with van der Waals surface area (Å²) in [5.74, 6) is 0.595. The van der Waals surface area contributed by atoms with Gasteiger partial charge in [0.25, 0.3) is 0 Å². The molecule has 0 aliphatic carbocycles. The van der Waals surface area contributed by atoms with Crippen LogP contribution in [0.25, 0.3) is 0 Å². The maximum absolute atomic E-state index is 5.83. The van der Waals surface area contributed by atoms with Gasteiger partial charge in [0.05, 0.1) is 22.1 Å². The number of nitrogens with two attached hydrogens (primary N) is 1. The van der Waals surface area contributed by atoms with Gasteiger partial charge in [-0.05, 0) is 12.5 Å². The third kappa shape index (κ3) is 2.50. The summed E-state index contributed by atoms with van der Waals surface area (Å²) in [5, 5.41) is 8.02. The Morgan fingerprint density at radius 2 is 2.29 bits per heavy atom. The molecule has 0 saturated carbocycles. The number of nitrogen functional groups attached to an aromatic ring is 1. The lowest BCUT2D eigenvalue weighted by Gasteiger charge is -2.07. The zero-order valence-corrected chi connectivity index (χ0v) is 10.5. The molecule has 5 nitrogen and oxygen atoms in total. The van der Waals surface area contributed by atoms with Crippen LogP contribution in [0.5, 0.6) is 0 Å². The number of nitrogens with zero attached hydrogens (tertiary/aromatic N) is 3. The van der Waals surface area contributed by atoms with Crippen molar-refractivity contribution in [1.29, 1.82) is 0 Å². The van der Waals surface area contributed by atoms with Crippen LogP contribution >= 0.6 is 11.6 Å². The van der Waals surface area contributed by atoms with Gasteiger partial charge in [-0.3, -0.25) is 4.68 Å². The molecular formula is C11H14ClN5. The van der Waals surface area contributed by atoms with Gasteiger partial charge in [-0.15, -0.1) is 0 Å². The molecule has 90 valence electrons. The predicted octanol–water partition coefficient (Wildman–Crippen LogP) is 2.36. The second kappa shape index (κ2) is 4.63. The van der Waals surface area contributed by atoms with E-state index < -0.39 is 0 Å². The van der Waals surface area contributed by atoms with E-state index in [1.807, 2.05) is 20.2 Å². The second-order valence-electron chi connectivity index (χ2n) is 3.73. The van der Waals surface area contributed by atoms with Gasteiger partial charge in [-0.25, -0.2) is 4.98 Å². The summed E-state index contributed by atoms with van der Waals surface area (Å²) in [6, 6.07) is 1.67. The largest absolute Gasteiger partial charge is 0.396 e. The monoisotopic (exact) mass is 251 g/mol. The Kier molecular flexibility index (Phi) is 3.19. The summed E-state index contributed by atoms with van der Waals surface area (Å²) < 4.78 is 1.76. The highest BCUT2D eigenvalue weighted by atomic mass is 35.5. The number of aromatic nitrogens is 3. The second-order valence-corrected chi connectivity index (χ2v) is 4.17. The van der Waals surface area contributed by atoms with E-state index in [1.54, 1.807) is 16.9 Å². The third-order valence-corrected chi connectivity index (χ3v) is 2.58. The lowest BCUT2D eigenvalue weighted by molar-refractivity contribution is 0.746. The van der Waals surface area contributed by atoms with Crippen molar-refractivity contribution in [3.05, 3.63) is 29.2 Å². The lowest BCUT2D eigenvalue weighted by atomic mass is 10.3. The summed E-state index contributed by atoms with van der Waals surface area (Å²) in [4.78, 5) is 4.15. The summed E-state index contributed by atoms with van der Waals surface area (Å²) >= 11 is 5.80. The molecule has 2 aromatic heterocycles. The summed E-state index contributed by atoms with van der Waals surface area (Å²) in [7, 11) is 1.88. The zero-order valence-electron chi connectivity index (χ0n) is 9.74. The van der Waals surface area contributed by atoms with Crippen molar-refractivity contribution in [2.24, 2.45) is 7.05 Å². The molecule has 0 fully saturated rings. The van der Waals surface area contributed by atoms with E-state index in [9.17, 15) is 0 Å². The van der Waals surface area contributed by atoms with Crippen molar-refractivity contribution in [1.82, 2.24) is 14.8 Å². The molecular weight excluding hydrogens is 238 g/mol. The first-order valence-electron chi connectivity index (χ1n) is 5.30. The first-order valence-corrected chi connectivity index (χ1v) is 5.68. The Hall–Kier alpha value is -1.75. The topological polar surface area (TPSA) is 68.8 Å². The van der Waals surface area contributed by atoms with E-state index >= 15 is 0 Å². The molecule has 0 aromatic carbocycles. The number of rotatable bonds is 3. The van der Waals surface area contributed by atoms with Gasteiger partial charge in [0.15, 0.2) is 5.82 Å². The van der Waals surface area contributed by atoms with Gasteiger partial charge in [0.2, 0.25) is 0 Å². The predicted molar refractivity (Wildman–Crippen MR) is 69.5 cm³/mol. The Labute approximate surface area is 105 Å². The van der Waals surface area contributed by atoms with E-state index in [4.69, 9.17) is 17.3 Å². The molecule has 0 saturated heterocycles. The first-order chi connectivity index (χ1) is 8.10. The number of anilines is 3. The average molecular weight is 252 g/mol. The molecule has 0 aliphatic rings. The van der Waals surface area contributed by atoms with Crippen LogP contribution in [0, 0.1) is 0 Å². The quantitative estimate of drug-likeness (QED) is 0.879. The van der Waals surface area contributed by atoms with Crippen molar-refractivity contribution in [2.45, 2.75) is 13.3 Å². The van der Waals surface area contributed by atoms with E-state index in [0.717, 1.165) is 17.8 Å². The van der Waals surface area contributed by atoms with Crippen LogP contribution < -0.4 is 11.1 Å². The van der Waals surface area contributed by atoms with Crippen LogP contribution in [0.15, 0.2) is 18.5 Å². The Morgan fingerprint density at radius 3 is 2.94 bits per heavy atom. The van der Waals surface area contributed by atoms with Crippen molar-refractivity contribution < 1.29 is 0 Å².